The van der Waals surface area contributed by atoms with Crippen molar-refractivity contribution in [2.24, 2.45) is 0 Å². The Morgan fingerprint density at radius 1 is 1.13 bits per heavy atom. The smallest absolute Gasteiger partial charge is 0.416 e. The summed E-state index contributed by atoms with van der Waals surface area (Å²) in [6.45, 7) is 3.15. The Morgan fingerprint density at radius 2 is 1.84 bits per heavy atom. The molecule has 0 saturated carbocycles. The molecule has 0 spiro atoms. The molecule has 2 aromatic heterocycles. The number of anilines is 1. The van der Waals surface area contributed by atoms with E-state index in [1.54, 1.807) is 24.4 Å². The summed E-state index contributed by atoms with van der Waals surface area (Å²) in [5.74, 6) is -0.983. The molecule has 0 saturated heterocycles. The van der Waals surface area contributed by atoms with Gasteiger partial charge in [0.25, 0.3) is 5.91 Å². The maximum absolute atomic E-state index is 12.6. The van der Waals surface area contributed by atoms with Crippen LogP contribution in [0.4, 0.5) is 18.9 Å². The molecule has 0 fully saturated rings. The van der Waals surface area contributed by atoms with Crippen LogP contribution in [0.2, 0.25) is 0 Å². The lowest BCUT2D eigenvalue weighted by Crippen LogP contribution is -2.21. The second-order valence-electron chi connectivity index (χ2n) is 6.90. The predicted molar refractivity (Wildman–Crippen MR) is 106 cm³/mol. The summed E-state index contributed by atoms with van der Waals surface area (Å²) in [4.78, 5) is 28.8. The highest BCUT2D eigenvalue weighted by molar-refractivity contribution is 5.96. The molecule has 31 heavy (non-hydrogen) atoms. The zero-order valence-corrected chi connectivity index (χ0v) is 16.7. The number of nitrogens with zero attached hydrogens (tertiary/aromatic N) is 3. The number of halogens is 3. The minimum absolute atomic E-state index is 0.0898. The number of carbonyl (C=O) groups excluding carboxylic acids is 2. The van der Waals surface area contributed by atoms with Gasteiger partial charge in [-0.05, 0) is 42.3 Å². The van der Waals surface area contributed by atoms with Gasteiger partial charge in [0.05, 0.1) is 17.5 Å². The number of rotatable bonds is 6. The third kappa shape index (κ3) is 5.27. The molecule has 0 bridgehead atoms. The van der Waals surface area contributed by atoms with E-state index in [1.807, 2.05) is 13.8 Å². The number of carbonyl (C=O) groups is 2. The highest BCUT2D eigenvalue weighted by atomic mass is 19.4. The Labute approximate surface area is 175 Å². The van der Waals surface area contributed by atoms with Crippen molar-refractivity contribution in [3.8, 4) is 5.82 Å². The number of nitrogens with one attached hydrogen (secondary N) is 1. The number of pyridine rings is 1. The van der Waals surface area contributed by atoms with Crippen LogP contribution in [0.5, 0.6) is 0 Å². The highest BCUT2D eigenvalue weighted by Gasteiger charge is 2.30. The van der Waals surface area contributed by atoms with Crippen LogP contribution in [0.15, 0.2) is 54.9 Å². The topological polar surface area (TPSA) is 86.1 Å². The summed E-state index contributed by atoms with van der Waals surface area (Å²) >= 11 is 0. The normalized spacial score (nSPS) is 11.4. The van der Waals surface area contributed by atoms with E-state index in [1.165, 1.54) is 10.9 Å². The summed E-state index contributed by atoms with van der Waals surface area (Å²) in [6.07, 6.45) is -1.52. The SMILES string of the molecule is CC(C)c1c(C(=O)OCC(=O)Nc2ccc(C(F)(F)F)cc2)cnn1-c1ccccn1. The first-order valence-electron chi connectivity index (χ1n) is 9.30. The molecule has 0 aliphatic carbocycles. The van der Waals surface area contributed by atoms with Crippen LogP contribution < -0.4 is 5.32 Å². The first-order valence-corrected chi connectivity index (χ1v) is 9.30. The molecule has 1 aromatic carbocycles. The molecular formula is C21H19F3N4O3. The molecule has 10 heteroatoms. The van der Waals surface area contributed by atoms with Crippen molar-refractivity contribution in [3.05, 3.63) is 71.7 Å². The average molecular weight is 432 g/mol. The van der Waals surface area contributed by atoms with E-state index in [-0.39, 0.29) is 17.2 Å². The van der Waals surface area contributed by atoms with E-state index >= 15 is 0 Å². The zero-order valence-electron chi connectivity index (χ0n) is 16.7. The molecule has 0 aliphatic heterocycles. The Balaban J connectivity index is 1.65. The van der Waals surface area contributed by atoms with Crippen molar-refractivity contribution in [3.63, 3.8) is 0 Å². The number of hydrogen-bond donors (Lipinski definition) is 1. The minimum Gasteiger partial charge on any atom is -0.452 e. The fourth-order valence-electron chi connectivity index (χ4n) is 2.88. The number of esters is 1. The molecular weight excluding hydrogens is 413 g/mol. The van der Waals surface area contributed by atoms with Gasteiger partial charge in [-0.2, -0.15) is 18.3 Å². The summed E-state index contributed by atoms with van der Waals surface area (Å²) in [6, 6.07) is 9.23. The second kappa shape index (κ2) is 8.99. The van der Waals surface area contributed by atoms with Gasteiger partial charge in [0.2, 0.25) is 0 Å². The van der Waals surface area contributed by atoms with Crippen LogP contribution in [0, 0.1) is 0 Å². The lowest BCUT2D eigenvalue weighted by atomic mass is 10.1. The van der Waals surface area contributed by atoms with E-state index in [0.717, 1.165) is 24.3 Å². The average Bonchev–Trinajstić information content (AvgIpc) is 3.18. The Bertz CT molecular complexity index is 1060. The van der Waals surface area contributed by atoms with Crippen molar-refractivity contribution in [2.75, 3.05) is 11.9 Å². The van der Waals surface area contributed by atoms with Gasteiger partial charge in [-0.3, -0.25) is 4.79 Å². The van der Waals surface area contributed by atoms with Gasteiger partial charge >= 0.3 is 12.1 Å². The van der Waals surface area contributed by atoms with Crippen molar-refractivity contribution in [1.82, 2.24) is 14.8 Å². The molecule has 0 atom stereocenters. The quantitative estimate of drug-likeness (QED) is 0.590. The second-order valence-corrected chi connectivity index (χ2v) is 6.90. The summed E-state index contributed by atoms with van der Waals surface area (Å²) < 4.78 is 44.4. The van der Waals surface area contributed by atoms with E-state index in [0.29, 0.717) is 11.5 Å². The fourth-order valence-corrected chi connectivity index (χ4v) is 2.88. The lowest BCUT2D eigenvalue weighted by Gasteiger charge is -2.12. The predicted octanol–water partition coefficient (Wildman–Crippen LogP) is 4.21. The number of hydrogen-bond acceptors (Lipinski definition) is 5. The third-order valence-electron chi connectivity index (χ3n) is 4.27. The Kier molecular flexibility index (Phi) is 6.38. The van der Waals surface area contributed by atoms with Crippen LogP contribution in [-0.2, 0) is 15.7 Å². The minimum atomic E-state index is -4.47. The van der Waals surface area contributed by atoms with Crippen LogP contribution in [0.3, 0.4) is 0 Å². The standard InChI is InChI=1S/C21H19F3N4O3/c1-13(2)19-16(11-26-28(19)17-5-3-4-10-25-17)20(30)31-12-18(29)27-15-8-6-14(7-9-15)21(22,23)24/h3-11,13H,12H2,1-2H3,(H,27,29). The van der Waals surface area contributed by atoms with Crippen LogP contribution in [0.1, 0.15) is 41.4 Å². The number of aromatic nitrogens is 3. The number of ether oxygens (including phenoxy) is 1. The summed E-state index contributed by atoms with van der Waals surface area (Å²) in [5, 5.41) is 6.59. The Hall–Kier alpha value is -3.69. The van der Waals surface area contributed by atoms with Gasteiger partial charge in [-0.25, -0.2) is 14.5 Å². The van der Waals surface area contributed by atoms with Crippen molar-refractivity contribution >= 4 is 17.6 Å². The van der Waals surface area contributed by atoms with E-state index < -0.39 is 30.2 Å². The van der Waals surface area contributed by atoms with Gasteiger partial charge in [-0.15, -0.1) is 0 Å². The molecule has 0 radical (unpaired) electrons. The molecule has 3 rings (SSSR count). The molecule has 2 heterocycles. The lowest BCUT2D eigenvalue weighted by molar-refractivity contribution is -0.137. The molecule has 3 aromatic rings. The first kappa shape index (κ1) is 22.0. The zero-order chi connectivity index (χ0) is 22.6. The molecule has 0 aliphatic rings. The van der Waals surface area contributed by atoms with Crippen LogP contribution in [-0.4, -0.2) is 33.2 Å². The maximum Gasteiger partial charge on any atom is 0.416 e. The number of alkyl halides is 3. The monoisotopic (exact) mass is 432 g/mol. The third-order valence-corrected chi connectivity index (χ3v) is 4.27. The fraction of sp³-hybridized carbons (Fsp3) is 0.238. The van der Waals surface area contributed by atoms with Gasteiger partial charge in [0.1, 0.15) is 5.56 Å². The van der Waals surface area contributed by atoms with E-state index in [4.69, 9.17) is 4.74 Å². The van der Waals surface area contributed by atoms with Gasteiger partial charge < -0.3 is 10.1 Å². The van der Waals surface area contributed by atoms with Gasteiger partial charge in [0, 0.05) is 11.9 Å². The first-order chi connectivity index (χ1) is 14.7. The van der Waals surface area contributed by atoms with Gasteiger partial charge in [0.15, 0.2) is 12.4 Å². The maximum atomic E-state index is 12.6. The van der Waals surface area contributed by atoms with E-state index in [2.05, 4.69) is 15.4 Å². The van der Waals surface area contributed by atoms with Gasteiger partial charge in [-0.1, -0.05) is 19.9 Å². The van der Waals surface area contributed by atoms with E-state index in [9.17, 15) is 22.8 Å². The summed E-state index contributed by atoms with van der Waals surface area (Å²) in [7, 11) is 0. The molecule has 0 unspecified atom stereocenters. The van der Waals surface area contributed by atoms with Crippen LogP contribution >= 0.6 is 0 Å². The van der Waals surface area contributed by atoms with Crippen molar-refractivity contribution in [2.45, 2.75) is 25.9 Å². The van der Waals surface area contributed by atoms with Crippen molar-refractivity contribution < 1.29 is 27.5 Å². The highest BCUT2D eigenvalue weighted by Crippen LogP contribution is 2.29. The Morgan fingerprint density at radius 3 is 2.42 bits per heavy atom. The van der Waals surface area contributed by atoms with Crippen molar-refractivity contribution in [1.29, 1.82) is 0 Å². The molecule has 1 amide bonds. The molecule has 162 valence electrons. The summed E-state index contributed by atoms with van der Waals surface area (Å²) in [5.41, 5.74) is 0.0952. The molecule has 7 nitrogen and oxygen atoms in total. The largest absolute Gasteiger partial charge is 0.452 e. The molecule has 1 N–H and O–H groups in total. The number of benzene rings is 1. The number of amides is 1. The van der Waals surface area contributed by atoms with Crippen LogP contribution in [0.25, 0.3) is 5.82 Å².